The normalized spacial score (nSPS) is 26.8. The lowest BCUT2D eigenvalue weighted by Gasteiger charge is -2.28. The predicted octanol–water partition coefficient (Wildman–Crippen LogP) is 3.20. The second-order valence-corrected chi connectivity index (χ2v) is 6.42. The molecular weight excluding hydrogens is 323 g/mol. The summed E-state index contributed by atoms with van der Waals surface area (Å²) in [6.45, 7) is 0. The largest absolute Gasteiger partial charge is 0.328 e. The van der Waals surface area contributed by atoms with Crippen molar-refractivity contribution in [2.45, 2.75) is 44.2 Å². The molecule has 0 amide bonds. The Bertz CT molecular complexity index is 342. The lowest BCUT2D eigenvalue weighted by molar-refractivity contribution is 0.295. The van der Waals surface area contributed by atoms with Crippen molar-refractivity contribution in [3.05, 3.63) is 33.4 Å². The van der Waals surface area contributed by atoms with Crippen LogP contribution in [-0.4, -0.2) is 6.04 Å². The predicted molar refractivity (Wildman–Crippen MR) is 80.6 cm³/mol. The smallest absolute Gasteiger partial charge is 0.0297 e. The molecule has 1 aromatic rings. The van der Waals surface area contributed by atoms with Gasteiger partial charge in [-0.05, 0) is 78.3 Å². The van der Waals surface area contributed by atoms with E-state index in [1.165, 1.54) is 34.8 Å². The second kappa shape index (κ2) is 6.16. The van der Waals surface area contributed by atoms with Crippen LogP contribution in [0.15, 0.2) is 24.3 Å². The van der Waals surface area contributed by atoms with Crippen LogP contribution >= 0.6 is 22.6 Å². The molecule has 0 aromatic heterocycles. The molecule has 2 rings (SSSR count). The maximum Gasteiger partial charge on any atom is 0.0297 e. The lowest BCUT2D eigenvalue weighted by atomic mass is 9.82. The fraction of sp³-hybridized carbons (Fsp3) is 0.571. The zero-order valence-corrected chi connectivity index (χ0v) is 12.3. The minimum atomic E-state index is 0.186. The van der Waals surface area contributed by atoms with Gasteiger partial charge in [0.15, 0.2) is 0 Å². The van der Waals surface area contributed by atoms with Crippen molar-refractivity contribution in [2.24, 2.45) is 17.4 Å². The molecule has 3 heteroatoms. The molecule has 0 spiro atoms. The monoisotopic (exact) mass is 344 g/mol. The van der Waals surface area contributed by atoms with E-state index in [1.807, 2.05) is 0 Å². The van der Waals surface area contributed by atoms with E-state index in [1.54, 1.807) is 0 Å². The van der Waals surface area contributed by atoms with Gasteiger partial charge in [0.2, 0.25) is 0 Å². The Morgan fingerprint density at radius 1 is 1.12 bits per heavy atom. The molecular formula is C14H21IN2. The third-order valence-electron chi connectivity index (χ3n) is 3.78. The molecule has 4 N–H and O–H groups in total. The van der Waals surface area contributed by atoms with Crippen LogP contribution in [0.5, 0.6) is 0 Å². The first-order valence-corrected chi connectivity index (χ1v) is 7.49. The van der Waals surface area contributed by atoms with Crippen LogP contribution in [0.25, 0.3) is 0 Å². The summed E-state index contributed by atoms with van der Waals surface area (Å²) in [7, 11) is 0. The van der Waals surface area contributed by atoms with E-state index < -0.39 is 0 Å². The van der Waals surface area contributed by atoms with Gasteiger partial charge in [0, 0.05) is 15.7 Å². The topological polar surface area (TPSA) is 52.0 Å². The first-order chi connectivity index (χ1) is 8.15. The fourth-order valence-electron chi connectivity index (χ4n) is 2.63. The highest BCUT2D eigenvalue weighted by atomic mass is 127. The van der Waals surface area contributed by atoms with E-state index in [0.29, 0.717) is 6.04 Å². The highest BCUT2D eigenvalue weighted by molar-refractivity contribution is 14.1. The molecule has 1 aliphatic rings. The van der Waals surface area contributed by atoms with Gasteiger partial charge in [-0.3, -0.25) is 0 Å². The van der Waals surface area contributed by atoms with E-state index in [0.717, 1.165) is 12.3 Å². The average Bonchev–Trinajstić information content (AvgIpc) is 2.33. The van der Waals surface area contributed by atoms with Crippen LogP contribution in [0.4, 0.5) is 0 Å². The molecule has 94 valence electrons. The molecule has 1 aromatic carbocycles. The Balaban J connectivity index is 1.88. The number of nitrogens with two attached hydrogens (primary N) is 2. The summed E-state index contributed by atoms with van der Waals surface area (Å²) in [6, 6.07) is 9.19. The van der Waals surface area contributed by atoms with Crippen LogP contribution in [-0.2, 0) is 0 Å². The Morgan fingerprint density at radius 3 is 2.29 bits per heavy atom. The number of halogens is 1. The van der Waals surface area contributed by atoms with Gasteiger partial charge in [-0.25, -0.2) is 0 Å². The number of hydrogen-bond donors (Lipinski definition) is 2. The lowest BCUT2D eigenvalue weighted by Crippen LogP contribution is -2.28. The van der Waals surface area contributed by atoms with E-state index in [-0.39, 0.29) is 6.04 Å². The molecule has 1 fully saturated rings. The SMILES string of the molecule is NC1CCC(CC(N)c2ccc(I)cc2)CC1. The van der Waals surface area contributed by atoms with E-state index >= 15 is 0 Å². The number of hydrogen-bond acceptors (Lipinski definition) is 2. The minimum Gasteiger partial charge on any atom is -0.328 e. The van der Waals surface area contributed by atoms with Gasteiger partial charge in [0.05, 0.1) is 0 Å². The van der Waals surface area contributed by atoms with Gasteiger partial charge < -0.3 is 11.5 Å². The Hall–Kier alpha value is -0.130. The Kier molecular flexibility index (Phi) is 4.82. The summed E-state index contributed by atoms with van der Waals surface area (Å²) in [4.78, 5) is 0. The van der Waals surface area contributed by atoms with Crippen molar-refractivity contribution >= 4 is 22.6 Å². The summed E-state index contributed by atoms with van der Waals surface area (Å²) in [5, 5.41) is 0. The highest BCUT2D eigenvalue weighted by Gasteiger charge is 2.21. The minimum absolute atomic E-state index is 0.186. The third kappa shape index (κ3) is 3.93. The van der Waals surface area contributed by atoms with Gasteiger partial charge in [0.1, 0.15) is 0 Å². The summed E-state index contributed by atoms with van der Waals surface area (Å²) in [5.41, 5.74) is 13.5. The molecule has 0 heterocycles. The first kappa shape index (κ1) is 13.3. The van der Waals surface area contributed by atoms with Crippen molar-refractivity contribution in [3.8, 4) is 0 Å². The molecule has 2 nitrogen and oxygen atoms in total. The summed E-state index contributed by atoms with van der Waals surface area (Å²) < 4.78 is 1.27. The molecule has 1 aliphatic carbocycles. The van der Waals surface area contributed by atoms with Crippen molar-refractivity contribution in [2.75, 3.05) is 0 Å². The summed E-state index contributed by atoms with van der Waals surface area (Å²) in [6.07, 6.45) is 5.94. The van der Waals surface area contributed by atoms with E-state index in [4.69, 9.17) is 11.5 Å². The van der Waals surface area contributed by atoms with Crippen LogP contribution in [0.3, 0.4) is 0 Å². The van der Waals surface area contributed by atoms with Crippen molar-refractivity contribution < 1.29 is 0 Å². The van der Waals surface area contributed by atoms with Crippen molar-refractivity contribution in [3.63, 3.8) is 0 Å². The molecule has 0 saturated heterocycles. The van der Waals surface area contributed by atoms with Crippen molar-refractivity contribution in [1.29, 1.82) is 0 Å². The third-order valence-corrected chi connectivity index (χ3v) is 4.50. The fourth-order valence-corrected chi connectivity index (χ4v) is 2.99. The van der Waals surface area contributed by atoms with Gasteiger partial charge in [-0.2, -0.15) is 0 Å². The zero-order chi connectivity index (χ0) is 12.3. The van der Waals surface area contributed by atoms with Crippen LogP contribution < -0.4 is 11.5 Å². The molecule has 17 heavy (non-hydrogen) atoms. The number of benzene rings is 1. The van der Waals surface area contributed by atoms with Gasteiger partial charge in [-0.1, -0.05) is 12.1 Å². The van der Waals surface area contributed by atoms with Crippen LogP contribution in [0.1, 0.15) is 43.7 Å². The average molecular weight is 344 g/mol. The van der Waals surface area contributed by atoms with Crippen LogP contribution in [0, 0.1) is 9.49 Å². The maximum absolute atomic E-state index is 6.28. The second-order valence-electron chi connectivity index (χ2n) is 5.17. The first-order valence-electron chi connectivity index (χ1n) is 6.42. The summed E-state index contributed by atoms with van der Waals surface area (Å²) >= 11 is 2.32. The zero-order valence-electron chi connectivity index (χ0n) is 10.1. The maximum atomic E-state index is 6.28. The molecule has 1 saturated carbocycles. The standard InChI is InChI=1S/C14H21IN2/c15-12-5-3-11(4-6-12)14(17)9-10-1-7-13(16)8-2-10/h3-6,10,13-14H,1-2,7-9,16-17H2. The number of rotatable bonds is 3. The quantitative estimate of drug-likeness (QED) is 0.828. The molecule has 0 radical (unpaired) electrons. The van der Waals surface area contributed by atoms with Gasteiger partial charge in [0.25, 0.3) is 0 Å². The molecule has 1 unspecified atom stereocenters. The highest BCUT2D eigenvalue weighted by Crippen LogP contribution is 2.30. The van der Waals surface area contributed by atoms with Crippen LogP contribution in [0.2, 0.25) is 0 Å². The Morgan fingerprint density at radius 2 is 1.71 bits per heavy atom. The molecule has 0 bridgehead atoms. The Labute approximate surface area is 117 Å². The van der Waals surface area contributed by atoms with E-state index in [9.17, 15) is 0 Å². The van der Waals surface area contributed by atoms with Crippen molar-refractivity contribution in [1.82, 2.24) is 0 Å². The van der Waals surface area contributed by atoms with Gasteiger partial charge in [-0.15, -0.1) is 0 Å². The molecule has 1 atom stereocenters. The van der Waals surface area contributed by atoms with Gasteiger partial charge >= 0.3 is 0 Å². The molecule has 0 aliphatic heterocycles. The van der Waals surface area contributed by atoms with E-state index in [2.05, 4.69) is 46.9 Å². The summed E-state index contributed by atoms with van der Waals surface area (Å²) in [5.74, 6) is 0.768.